The summed E-state index contributed by atoms with van der Waals surface area (Å²) in [4.78, 5) is 23.9. The Hall–Kier alpha value is -3.78. The van der Waals surface area contributed by atoms with Gasteiger partial charge in [0.1, 0.15) is 5.69 Å². The van der Waals surface area contributed by atoms with Crippen molar-refractivity contribution in [3.8, 4) is 11.1 Å². The molecule has 4 aromatic rings. The van der Waals surface area contributed by atoms with Crippen molar-refractivity contribution < 1.29 is 4.79 Å². The summed E-state index contributed by atoms with van der Waals surface area (Å²) in [6.45, 7) is 3.67. The van der Waals surface area contributed by atoms with Crippen LogP contribution in [0.15, 0.2) is 67.3 Å². The molecule has 0 saturated carbocycles. The summed E-state index contributed by atoms with van der Waals surface area (Å²) in [5, 5.41) is 10.7. The van der Waals surface area contributed by atoms with Gasteiger partial charge < -0.3 is 15.5 Å². The number of hydrogen-bond acceptors (Lipinski definition) is 6. The number of pyridine rings is 1. The van der Waals surface area contributed by atoms with Crippen LogP contribution in [0.5, 0.6) is 0 Å². The van der Waals surface area contributed by atoms with E-state index in [2.05, 4.69) is 30.6 Å². The molecule has 0 spiro atoms. The van der Waals surface area contributed by atoms with Crippen LogP contribution in [-0.4, -0.2) is 51.7 Å². The number of amides is 1. The van der Waals surface area contributed by atoms with E-state index in [4.69, 9.17) is 0 Å². The molecule has 3 aromatic heterocycles. The Kier molecular flexibility index (Phi) is 4.82. The third kappa shape index (κ3) is 3.48. The lowest BCUT2D eigenvalue weighted by Crippen LogP contribution is -2.43. The third-order valence-corrected chi connectivity index (χ3v) is 5.20. The van der Waals surface area contributed by atoms with Crippen LogP contribution in [0.4, 0.5) is 11.4 Å². The molecule has 0 bridgehead atoms. The fraction of sp³-hybridized carbons (Fsp3) is 0.182. The maximum atomic E-state index is 13.0. The number of para-hydroxylation sites is 2. The zero-order valence-electron chi connectivity index (χ0n) is 16.3. The van der Waals surface area contributed by atoms with Gasteiger partial charge in [-0.25, -0.2) is 9.50 Å². The molecule has 30 heavy (non-hydrogen) atoms. The lowest BCUT2D eigenvalue weighted by atomic mass is 10.1. The number of aromatic nitrogens is 4. The molecule has 0 unspecified atom stereocenters. The predicted molar refractivity (Wildman–Crippen MR) is 116 cm³/mol. The van der Waals surface area contributed by atoms with Gasteiger partial charge in [0, 0.05) is 50.3 Å². The molecule has 5 rings (SSSR count). The van der Waals surface area contributed by atoms with Gasteiger partial charge in [-0.15, -0.1) is 0 Å². The first-order valence-corrected chi connectivity index (χ1v) is 9.90. The summed E-state index contributed by atoms with van der Waals surface area (Å²) in [7, 11) is 0. The second-order valence-corrected chi connectivity index (χ2v) is 7.08. The number of piperazine rings is 1. The smallest absolute Gasteiger partial charge is 0.274 e. The van der Waals surface area contributed by atoms with Gasteiger partial charge in [-0.1, -0.05) is 12.1 Å². The summed E-state index contributed by atoms with van der Waals surface area (Å²) in [6.07, 6.45) is 6.95. The quantitative estimate of drug-likeness (QED) is 0.548. The van der Waals surface area contributed by atoms with E-state index in [9.17, 15) is 4.79 Å². The van der Waals surface area contributed by atoms with Gasteiger partial charge in [-0.05, 0) is 35.9 Å². The normalized spacial score (nSPS) is 14.1. The molecule has 1 aromatic carbocycles. The van der Waals surface area contributed by atoms with Crippen LogP contribution in [0.3, 0.4) is 0 Å². The second-order valence-electron chi connectivity index (χ2n) is 7.08. The van der Waals surface area contributed by atoms with Crippen LogP contribution < -0.4 is 15.5 Å². The molecule has 1 fully saturated rings. The fourth-order valence-corrected chi connectivity index (χ4v) is 3.68. The van der Waals surface area contributed by atoms with Crippen molar-refractivity contribution in [1.82, 2.24) is 24.9 Å². The van der Waals surface area contributed by atoms with E-state index in [1.807, 2.05) is 36.4 Å². The van der Waals surface area contributed by atoms with E-state index in [0.29, 0.717) is 11.3 Å². The van der Waals surface area contributed by atoms with Crippen molar-refractivity contribution in [3.05, 3.63) is 72.9 Å². The van der Waals surface area contributed by atoms with Crippen LogP contribution >= 0.6 is 0 Å². The highest BCUT2D eigenvalue weighted by Gasteiger charge is 2.17. The number of anilines is 2. The first-order valence-electron chi connectivity index (χ1n) is 9.90. The van der Waals surface area contributed by atoms with Crippen molar-refractivity contribution in [2.24, 2.45) is 0 Å². The minimum atomic E-state index is -0.248. The van der Waals surface area contributed by atoms with Gasteiger partial charge >= 0.3 is 0 Å². The minimum absolute atomic E-state index is 0.248. The predicted octanol–water partition coefficient (Wildman–Crippen LogP) is 2.45. The first kappa shape index (κ1) is 18.3. The average Bonchev–Trinajstić information content (AvgIpc) is 3.24. The number of hydrogen-bond donors (Lipinski definition) is 2. The fourth-order valence-electron chi connectivity index (χ4n) is 3.68. The maximum absolute atomic E-state index is 13.0. The largest absolute Gasteiger partial charge is 0.367 e. The topological polar surface area (TPSA) is 87.5 Å². The molecule has 150 valence electrons. The van der Waals surface area contributed by atoms with Gasteiger partial charge in [0.2, 0.25) is 0 Å². The summed E-state index contributed by atoms with van der Waals surface area (Å²) in [6, 6.07) is 13.4. The molecule has 1 aliphatic rings. The summed E-state index contributed by atoms with van der Waals surface area (Å²) < 4.78 is 1.67. The Morgan fingerprint density at radius 1 is 1.03 bits per heavy atom. The van der Waals surface area contributed by atoms with E-state index >= 15 is 0 Å². The zero-order valence-corrected chi connectivity index (χ0v) is 16.3. The Morgan fingerprint density at radius 2 is 1.83 bits per heavy atom. The van der Waals surface area contributed by atoms with Crippen LogP contribution in [0.1, 0.15) is 10.5 Å². The molecular formula is C22H21N7O. The maximum Gasteiger partial charge on any atom is 0.274 e. The Labute approximate surface area is 173 Å². The van der Waals surface area contributed by atoms with Crippen LogP contribution in [0, 0.1) is 0 Å². The lowest BCUT2D eigenvalue weighted by molar-refractivity contribution is 0.102. The van der Waals surface area contributed by atoms with E-state index in [1.165, 1.54) is 0 Å². The molecule has 1 saturated heterocycles. The van der Waals surface area contributed by atoms with E-state index in [0.717, 1.165) is 48.7 Å². The van der Waals surface area contributed by atoms with E-state index in [1.54, 1.807) is 35.4 Å². The molecule has 1 aliphatic heterocycles. The second kappa shape index (κ2) is 7.92. The molecule has 4 heterocycles. The monoisotopic (exact) mass is 399 g/mol. The Balaban J connectivity index is 1.45. The van der Waals surface area contributed by atoms with E-state index < -0.39 is 0 Å². The highest BCUT2D eigenvalue weighted by atomic mass is 16.1. The molecule has 0 aliphatic carbocycles. The minimum Gasteiger partial charge on any atom is -0.367 e. The molecule has 8 nitrogen and oxygen atoms in total. The number of rotatable bonds is 4. The average molecular weight is 399 g/mol. The Morgan fingerprint density at radius 3 is 2.67 bits per heavy atom. The van der Waals surface area contributed by atoms with Crippen LogP contribution in [0.2, 0.25) is 0 Å². The zero-order chi connectivity index (χ0) is 20.3. The molecule has 1 amide bonds. The highest BCUT2D eigenvalue weighted by Crippen LogP contribution is 2.27. The van der Waals surface area contributed by atoms with Gasteiger partial charge in [0.25, 0.3) is 5.91 Å². The SMILES string of the molecule is O=C(Nc1ccccc1N1CCNCC1)c1ccn2ncc(-c3ccncc3)c2n1. The lowest BCUT2D eigenvalue weighted by Gasteiger charge is -2.31. The first-order chi connectivity index (χ1) is 14.8. The molecule has 0 radical (unpaired) electrons. The number of fused-ring (bicyclic) bond motifs is 1. The van der Waals surface area contributed by atoms with Crippen molar-refractivity contribution in [2.45, 2.75) is 0 Å². The number of nitrogens with zero attached hydrogens (tertiary/aromatic N) is 5. The van der Waals surface area contributed by atoms with Crippen molar-refractivity contribution in [1.29, 1.82) is 0 Å². The summed E-state index contributed by atoms with van der Waals surface area (Å²) >= 11 is 0. The van der Waals surface area contributed by atoms with Crippen molar-refractivity contribution >= 4 is 22.9 Å². The Bertz CT molecular complexity index is 1180. The van der Waals surface area contributed by atoms with Gasteiger partial charge in [-0.2, -0.15) is 5.10 Å². The van der Waals surface area contributed by atoms with Gasteiger partial charge in [0.15, 0.2) is 5.65 Å². The molecule has 2 N–H and O–H groups in total. The highest BCUT2D eigenvalue weighted by molar-refractivity contribution is 6.05. The summed E-state index contributed by atoms with van der Waals surface area (Å²) in [5.74, 6) is -0.248. The molecule has 8 heteroatoms. The summed E-state index contributed by atoms with van der Waals surface area (Å²) in [5.41, 5.74) is 4.59. The number of nitrogens with one attached hydrogen (secondary N) is 2. The molecular weight excluding hydrogens is 378 g/mol. The standard InChI is InChI=1S/C22H21N7O/c30-22(27-18-3-1-2-4-20(18)28-13-10-24-11-14-28)19-7-12-29-21(26-19)17(15-25-29)16-5-8-23-9-6-16/h1-9,12,15,24H,10-11,13-14H2,(H,27,30). The van der Waals surface area contributed by atoms with Gasteiger partial charge in [0.05, 0.1) is 17.6 Å². The van der Waals surface area contributed by atoms with Gasteiger partial charge in [-0.3, -0.25) is 9.78 Å². The van der Waals surface area contributed by atoms with Crippen LogP contribution in [0.25, 0.3) is 16.8 Å². The number of carbonyl (C=O) groups excluding carboxylic acids is 1. The number of carbonyl (C=O) groups is 1. The molecule has 0 atom stereocenters. The third-order valence-electron chi connectivity index (χ3n) is 5.20. The number of benzene rings is 1. The van der Waals surface area contributed by atoms with Crippen LogP contribution in [-0.2, 0) is 0 Å². The van der Waals surface area contributed by atoms with Crippen molar-refractivity contribution in [2.75, 3.05) is 36.4 Å². The van der Waals surface area contributed by atoms with Crippen molar-refractivity contribution in [3.63, 3.8) is 0 Å². The van der Waals surface area contributed by atoms with E-state index in [-0.39, 0.29) is 5.91 Å².